The first-order valence-electron chi connectivity index (χ1n) is 11.2. The van der Waals surface area contributed by atoms with E-state index in [2.05, 4.69) is 15.4 Å². The number of carbonyl (C=O) groups is 1. The van der Waals surface area contributed by atoms with Crippen molar-refractivity contribution < 1.29 is 22.3 Å². The summed E-state index contributed by atoms with van der Waals surface area (Å²) in [5.74, 6) is -0.193. The van der Waals surface area contributed by atoms with Crippen LogP contribution in [0.3, 0.4) is 0 Å². The maximum Gasteiger partial charge on any atom is 0.323 e. The van der Waals surface area contributed by atoms with E-state index in [0.717, 1.165) is 32.4 Å². The maximum absolute atomic E-state index is 13.9. The highest BCUT2D eigenvalue weighted by atomic mass is 32.2. The molecule has 0 saturated carbocycles. The number of ether oxygens (including phenoxy) is 1. The Labute approximate surface area is 204 Å². The molecule has 1 fully saturated rings. The summed E-state index contributed by atoms with van der Waals surface area (Å²) in [6.45, 7) is 1.47. The molecule has 1 aliphatic heterocycles. The quantitative estimate of drug-likeness (QED) is 0.412. The van der Waals surface area contributed by atoms with Crippen LogP contribution in [0.4, 0.5) is 31.9 Å². The molecule has 0 spiro atoms. The molecule has 3 aromatic carbocycles. The molecule has 4 rings (SSSR count). The van der Waals surface area contributed by atoms with Gasteiger partial charge in [0.05, 0.1) is 24.2 Å². The topological polar surface area (TPSA) is 99.8 Å². The summed E-state index contributed by atoms with van der Waals surface area (Å²) >= 11 is 0. The van der Waals surface area contributed by atoms with Crippen molar-refractivity contribution in [2.24, 2.45) is 0 Å². The lowest BCUT2D eigenvalue weighted by Gasteiger charge is -2.30. The Bertz CT molecular complexity index is 1310. The smallest absolute Gasteiger partial charge is 0.323 e. The molecule has 184 valence electrons. The third-order valence-electron chi connectivity index (χ3n) is 5.68. The monoisotopic (exact) mass is 498 g/mol. The zero-order valence-electron chi connectivity index (χ0n) is 19.3. The molecule has 0 radical (unpaired) electrons. The van der Waals surface area contributed by atoms with Crippen LogP contribution in [0.15, 0.2) is 71.6 Å². The van der Waals surface area contributed by atoms with Gasteiger partial charge in [-0.2, -0.15) is 0 Å². The zero-order valence-corrected chi connectivity index (χ0v) is 20.1. The number of carbonyl (C=O) groups excluding carboxylic acids is 1. The molecule has 2 amide bonds. The Balaban J connectivity index is 1.65. The van der Waals surface area contributed by atoms with Crippen molar-refractivity contribution in [2.75, 3.05) is 40.5 Å². The van der Waals surface area contributed by atoms with Gasteiger partial charge in [-0.25, -0.2) is 17.6 Å². The predicted octanol–water partition coefficient (Wildman–Crippen LogP) is 5.27. The van der Waals surface area contributed by atoms with Crippen LogP contribution in [-0.2, 0) is 10.0 Å². The van der Waals surface area contributed by atoms with Gasteiger partial charge in [-0.05, 0) is 61.7 Å². The highest BCUT2D eigenvalue weighted by molar-refractivity contribution is 7.93. The van der Waals surface area contributed by atoms with Crippen LogP contribution < -0.4 is 25.0 Å². The summed E-state index contributed by atoms with van der Waals surface area (Å²) in [4.78, 5) is 14.5. The lowest BCUT2D eigenvalue weighted by Crippen LogP contribution is -2.31. The fourth-order valence-corrected chi connectivity index (χ4v) is 5.30. The normalized spacial score (nSPS) is 13.7. The molecule has 8 nitrogen and oxygen atoms in total. The van der Waals surface area contributed by atoms with Gasteiger partial charge in [-0.3, -0.25) is 4.72 Å². The molecule has 3 N–H and O–H groups in total. The van der Waals surface area contributed by atoms with Crippen LogP contribution in [0.25, 0.3) is 0 Å². The first-order chi connectivity index (χ1) is 16.9. The molecule has 3 aromatic rings. The molecular weight excluding hydrogens is 471 g/mol. The molecule has 0 aliphatic carbocycles. The van der Waals surface area contributed by atoms with Crippen LogP contribution in [0.2, 0.25) is 0 Å². The SMILES string of the molecule is COc1ccccc1NS(=O)(=O)c1cc(NC(=O)Nc2ccccc2F)ccc1N1CCCCC1. The summed E-state index contributed by atoms with van der Waals surface area (Å²) in [7, 11) is -2.59. The van der Waals surface area contributed by atoms with E-state index in [4.69, 9.17) is 4.74 Å². The fraction of sp³-hybridized carbons (Fsp3) is 0.240. The number of amides is 2. The van der Waals surface area contributed by atoms with Gasteiger partial charge in [0, 0.05) is 18.8 Å². The molecule has 1 aliphatic rings. The van der Waals surface area contributed by atoms with E-state index in [1.165, 1.54) is 31.4 Å². The minimum absolute atomic E-state index is 0.0145. The summed E-state index contributed by atoms with van der Waals surface area (Å²) in [5, 5.41) is 5.03. The first-order valence-corrected chi connectivity index (χ1v) is 12.7. The number of hydrogen-bond acceptors (Lipinski definition) is 5. The number of para-hydroxylation sites is 3. The van der Waals surface area contributed by atoms with Crippen molar-refractivity contribution in [1.29, 1.82) is 0 Å². The average Bonchev–Trinajstić information content (AvgIpc) is 2.86. The standard InChI is InChI=1S/C25H27FN4O4S/c1-34-23-12-6-5-11-21(23)29-35(32,33)24-17-18(13-14-22(24)30-15-7-2-8-16-30)27-25(31)28-20-10-4-3-9-19(20)26/h3-6,9-14,17,29H,2,7-8,15-16H2,1H3,(H2,27,28,31). The second-order valence-corrected chi connectivity index (χ2v) is 9.75. The number of anilines is 4. The molecule has 1 heterocycles. The van der Waals surface area contributed by atoms with E-state index < -0.39 is 21.9 Å². The minimum atomic E-state index is -4.05. The van der Waals surface area contributed by atoms with Crippen molar-refractivity contribution in [3.63, 3.8) is 0 Å². The summed E-state index contributed by atoms with van der Waals surface area (Å²) in [6, 6.07) is 16.5. The number of nitrogens with zero attached hydrogens (tertiary/aromatic N) is 1. The average molecular weight is 499 g/mol. The Morgan fingerprint density at radius 3 is 2.31 bits per heavy atom. The molecule has 0 unspecified atom stereocenters. The number of benzene rings is 3. The molecule has 35 heavy (non-hydrogen) atoms. The number of piperidine rings is 1. The van der Waals surface area contributed by atoms with Gasteiger partial charge in [0.25, 0.3) is 10.0 Å². The van der Waals surface area contributed by atoms with Gasteiger partial charge in [-0.15, -0.1) is 0 Å². The molecule has 0 bridgehead atoms. The molecule has 10 heteroatoms. The van der Waals surface area contributed by atoms with Gasteiger partial charge < -0.3 is 20.3 Å². The lowest BCUT2D eigenvalue weighted by molar-refractivity contribution is 0.262. The summed E-state index contributed by atoms with van der Waals surface area (Å²) in [6.07, 6.45) is 3.02. The number of hydrogen-bond donors (Lipinski definition) is 3. The van der Waals surface area contributed by atoms with Crippen molar-refractivity contribution >= 4 is 38.8 Å². The number of sulfonamides is 1. The Morgan fingerprint density at radius 2 is 1.60 bits per heavy atom. The maximum atomic E-state index is 13.9. The van der Waals surface area contributed by atoms with Gasteiger partial charge >= 0.3 is 6.03 Å². The predicted molar refractivity (Wildman–Crippen MR) is 135 cm³/mol. The third-order valence-corrected chi connectivity index (χ3v) is 7.07. The summed E-state index contributed by atoms with van der Waals surface area (Å²) in [5.41, 5.74) is 1.11. The zero-order chi connectivity index (χ0) is 24.8. The molecular formula is C25H27FN4O4S. The van der Waals surface area contributed by atoms with E-state index in [1.807, 2.05) is 4.90 Å². The molecule has 0 aromatic heterocycles. The number of nitrogens with one attached hydrogen (secondary N) is 3. The lowest BCUT2D eigenvalue weighted by atomic mass is 10.1. The van der Waals surface area contributed by atoms with Gasteiger partial charge in [0.1, 0.15) is 16.5 Å². The van der Waals surface area contributed by atoms with Crippen molar-refractivity contribution in [2.45, 2.75) is 24.2 Å². The number of rotatable bonds is 7. The Kier molecular flexibility index (Phi) is 7.40. The fourth-order valence-electron chi connectivity index (χ4n) is 3.98. The van der Waals surface area contributed by atoms with Crippen molar-refractivity contribution in [1.82, 2.24) is 0 Å². The number of methoxy groups -OCH3 is 1. The van der Waals surface area contributed by atoms with Crippen LogP contribution in [0, 0.1) is 5.82 Å². The van der Waals surface area contributed by atoms with Crippen molar-refractivity contribution in [3.8, 4) is 5.75 Å². The highest BCUT2D eigenvalue weighted by Gasteiger charge is 2.25. The van der Waals surface area contributed by atoms with E-state index in [9.17, 15) is 17.6 Å². The van der Waals surface area contributed by atoms with Gasteiger partial charge in [-0.1, -0.05) is 24.3 Å². The Hall–Kier alpha value is -3.79. The molecule has 0 atom stereocenters. The van der Waals surface area contributed by atoms with Crippen LogP contribution in [0.5, 0.6) is 5.75 Å². The van der Waals surface area contributed by atoms with E-state index >= 15 is 0 Å². The first kappa shape index (κ1) is 24.3. The van der Waals surface area contributed by atoms with E-state index in [1.54, 1.807) is 42.5 Å². The largest absolute Gasteiger partial charge is 0.495 e. The second kappa shape index (κ2) is 10.6. The summed E-state index contributed by atoms with van der Waals surface area (Å²) < 4.78 is 48.8. The van der Waals surface area contributed by atoms with Gasteiger partial charge in [0.15, 0.2) is 0 Å². The van der Waals surface area contributed by atoms with E-state index in [-0.39, 0.29) is 16.3 Å². The van der Waals surface area contributed by atoms with Crippen LogP contribution >= 0.6 is 0 Å². The third kappa shape index (κ3) is 5.83. The van der Waals surface area contributed by atoms with Crippen LogP contribution in [-0.4, -0.2) is 34.6 Å². The number of halogens is 1. The van der Waals surface area contributed by atoms with Gasteiger partial charge in [0.2, 0.25) is 0 Å². The highest BCUT2D eigenvalue weighted by Crippen LogP contribution is 2.33. The Morgan fingerprint density at radius 1 is 0.914 bits per heavy atom. The van der Waals surface area contributed by atoms with Crippen LogP contribution in [0.1, 0.15) is 19.3 Å². The number of urea groups is 1. The second-order valence-electron chi connectivity index (χ2n) is 8.09. The van der Waals surface area contributed by atoms with Crippen molar-refractivity contribution in [3.05, 3.63) is 72.5 Å². The van der Waals surface area contributed by atoms with E-state index in [0.29, 0.717) is 17.1 Å². The minimum Gasteiger partial charge on any atom is -0.495 e. The molecule has 1 saturated heterocycles.